The molecule has 3 heterocycles. The van der Waals surface area contributed by atoms with Crippen LogP contribution in [0.1, 0.15) is 35.7 Å². The van der Waals surface area contributed by atoms with Gasteiger partial charge in [0.1, 0.15) is 5.82 Å². The van der Waals surface area contributed by atoms with E-state index >= 15 is 0 Å². The van der Waals surface area contributed by atoms with E-state index < -0.39 is 11.7 Å². The number of piperidine rings is 1. The first-order valence-corrected chi connectivity index (χ1v) is 9.91. The second kappa shape index (κ2) is 8.37. The predicted molar refractivity (Wildman–Crippen MR) is 108 cm³/mol. The van der Waals surface area contributed by atoms with Crippen molar-refractivity contribution in [2.75, 3.05) is 11.9 Å². The number of halogens is 3. The molecule has 0 bridgehead atoms. The van der Waals surface area contributed by atoms with Crippen molar-refractivity contribution in [3.8, 4) is 5.69 Å². The Morgan fingerprint density at radius 1 is 1.13 bits per heavy atom. The van der Waals surface area contributed by atoms with Gasteiger partial charge in [0.25, 0.3) is 5.91 Å². The van der Waals surface area contributed by atoms with E-state index in [0.29, 0.717) is 23.6 Å². The highest BCUT2D eigenvalue weighted by Gasteiger charge is 2.34. The van der Waals surface area contributed by atoms with Crippen LogP contribution in [0.4, 0.5) is 19.0 Å². The van der Waals surface area contributed by atoms with Gasteiger partial charge in [-0.05, 0) is 44.0 Å². The van der Waals surface area contributed by atoms with E-state index in [1.165, 1.54) is 10.9 Å². The first-order valence-electron chi connectivity index (χ1n) is 9.91. The molecule has 0 unspecified atom stereocenters. The summed E-state index contributed by atoms with van der Waals surface area (Å²) in [5.74, 6) is 0.201. The lowest BCUT2D eigenvalue weighted by Crippen LogP contribution is -2.52. The molecule has 0 spiro atoms. The number of carbonyl (C=O) groups is 1. The third-order valence-electron chi connectivity index (χ3n) is 5.44. The number of likely N-dealkylation sites (tertiary alicyclic amines) is 1. The number of carbonyl (C=O) groups excluding carboxylic acids is 1. The van der Waals surface area contributed by atoms with Crippen LogP contribution in [0.25, 0.3) is 5.69 Å². The fourth-order valence-electron chi connectivity index (χ4n) is 3.78. The largest absolute Gasteiger partial charge is 0.417 e. The molecule has 1 saturated heterocycles. The summed E-state index contributed by atoms with van der Waals surface area (Å²) in [4.78, 5) is 20.4. The summed E-state index contributed by atoms with van der Waals surface area (Å²) in [6.07, 6.45) is 1.01. The molecule has 7 nitrogen and oxygen atoms in total. The van der Waals surface area contributed by atoms with Crippen molar-refractivity contribution in [2.45, 2.75) is 38.0 Å². The maximum absolute atomic E-state index is 13.4. The van der Waals surface area contributed by atoms with Gasteiger partial charge < -0.3 is 10.2 Å². The number of hydrogen-bond donors (Lipinski definition) is 1. The summed E-state index contributed by atoms with van der Waals surface area (Å²) >= 11 is 0. The van der Waals surface area contributed by atoms with Gasteiger partial charge in [-0.15, -0.1) is 0 Å². The minimum Gasteiger partial charge on any atom is -0.365 e. The zero-order valence-electron chi connectivity index (χ0n) is 16.8. The second-order valence-corrected chi connectivity index (χ2v) is 7.40. The Morgan fingerprint density at radius 3 is 2.55 bits per heavy atom. The average molecular weight is 430 g/mol. The first-order chi connectivity index (χ1) is 14.8. The summed E-state index contributed by atoms with van der Waals surface area (Å²) in [6.45, 7) is 2.51. The van der Waals surface area contributed by atoms with E-state index in [-0.39, 0.29) is 18.0 Å². The molecule has 0 aliphatic carbocycles. The van der Waals surface area contributed by atoms with Gasteiger partial charge in [-0.25, -0.2) is 4.98 Å². The van der Waals surface area contributed by atoms with E-state index in [9.17, 15) is 18.0 Å². The zero-order chi connectivity index (χ0) is 22.0. The molecule has 3 aromatic rings. The third-order valence-corrected chi connectivity index (χ3v) is 5.44. The van der Waals surface area contributed by atoms with E-state index in [4.69, 9.17) is 0 Å². The molecule has 31 heavy (non-hydrogen) atoms. The van der Waals surface area contributed by atoms with Gasteiger partial charge in [-0.1, -0.05) is 12.1 Å². The molecule has 1 aliphatic heterocycles. The Morgan fingerprint density at radius 2 is 1.87 bits per heavy atom. The molecule has 4 rings (SSSR count). The topological polar surface area (TPSA) is 75.9 Å². The highest BCUT2D eigenvalue weighted by molar-refractivity contribution is 5.98. The normalized spacial score (nSPS) is 19.3. The van der Waals surface area contributed by atoms with Crippen molar-refractivity contribution in [3.63, 3.8) is 0 Å². The first kappa shape index (κ1) is 20.8. The van der Waals surface area contributed by atoms with Gasteiger partial charge in [0.2, 0.25) is 0 Å². The molecule has 1 N–H and O–H groups in total. The Bertz CT molecular complexity index is 1040. The van der Waals surface area contributed by atoms with Crippen LogP contribution >= 0.6 is 0 Å². The van der Waals surface area contributed by atoms with E-state index in [1.807, 2.05) is 13.0 Å². The molecule has 1 amide bonds. The van der Waals surface area contributed by atoms with Crippen molar-refractivity contribution in [1.29, 1.82) is 0 Å². The lowest BCUT2D eigenvalue weighted by Gasteiger charge is -2.40. The lowest BCUT2D eigenvalue weighted by molar-refractivity contribution is -0.137. The standard InChI is InChI=1S/C21H21F3N6O/c1-14-17(28-19-9-8-15(13-25-19)21(22,23)24)6-4-12-29(14)20(31)16-5-2-3-7-18(16)30-26-10-11-27-30/h2-3,5,7-11,13-14,17H,4,6,12H2,1H3,(H,25,28)/t14-,17+/m1/s1. The molecule has 1 fully saturated rings. The minimum absolute atomic E-state index is 0.142. The number of para-hydroxylation sites is 1. The van der Waals surface area contributed by atoms with Crippen LogP contribution in [-0.4, -0.2) is 49.4 Å². The number of rotatable bonds is 4. The molecule has 1 aliphatic rings. The zero-order valence-corrected chi connectivity index (χ0v) is 16.8. The number of alkyl halides is 3. The third kappa shape index (κ3) is 4.37. The SMILES string of the molecule is C[C@@H]1[C@@H](Nc2ccc(C(F)(F)F)cn2)CCCN1C(=O)c1ccccc1-n1nccn1. The minimum atomic E-state index is -4.43. The van der Waals surface area contributed by atoms with Crippen molar-refractivity contribution in [1.82, 2.24) is 24.9 Å². The van der Waals surface area contributed by atoms with Crippen LogP contribution in [0.5, 0.6) is 0 Å². The highest BCUT2D eigenvalue weighted by Crippen LogP contribution is 2.30. The summed E-state index contributed by atoms with van der Waals surface area (Å²) in [5, 5.41) is 11.4. The fourth-order valence-corrected chi connectivity index (χ4v) is 3.78. The van der Waals surface area contributed by atoms with Gasteiger partial charge in [0, 0.05) is 24.8 Å². The van der Waals surface area contributed by atoms with Crippen LogP contribution in [0.3, 0.4) is 0 Å². The lowest BCUT2D eigenvalue weighted by atomic mass is 9.96. The maximum atomic E-state index is 13.4. The Balaban J connectivity index is 1.52. The monoisotopic (exact) mass is 430 g/mol. The Hall–Kier alpha value is -3.43. The number of aromatic nitrogens is 4. The smallest absolute Gasteiger partial charge is 0.365 e. The van der Waals surface area contributed by atoms with Gasteiger partial charge in [-0.2, -0.15) is 28.2 Å². The predicted octanol–water partition coefficient (Wildman–Crippen LogP) is 3.79. The van der Waals surface area contributed by atoms with Gasteiger partial charge >= 0.3 is 6.18 Å². The number of benzene rings is 1. The molecule has 1 aromatic carbocycles. The molecule has 10 heteroatoms. The number of hydrogen-bond acceptors (Lipinski definition) is 5. The maximum Gasteiger partial charge on any atom is 0.417 e. The summed E-state index contributed by atoms with van der Waals surface area (Å²) < 4.78 is 38.3. The molecule has 0 radical (unpaired) electrons. The highest BCUT2D eigenvalue weighted by atomic mass is 19.4. The molecular weight excluding hydrogens is 409 g/mol. The number of amides is 1. The van der Waals surface area contributed by atoms with E-state index in [1.54, 1.807) is 35.5 Å². The Kier molecular flexibility index (Phi) is 5.62. The van der Waals surface area contributed by atoms with E-state index in [2.05, 4.69) is 20.5 Å². The van der Waals surface area contributed by atoms with E-state index in [0.717, 1.165) is 25.1 Å². The average Bonchev–Trinajstić information content (AvgIpc) is 3.29. The van der Waals surface area contributed by atoms with Gasteiger partial charge in [0.15, 0.2) is 0 Å². The van der Waals surface area contributed by atoms with Crippen LogP contribution in [0, 0.1) is 0 Å². The number of anilines is 1. The quantitative estimate of drug-likeness (QED) is 0.682. The Labute approximate surface area is 176 Å². The summed E-state index contributed by atoms with van der Waals surface area (Å²) in [6, 6.07) is 9.10. The van der Waals surface area contributed by atoms with Crippen molar-refractivity contribution >= 4 is 11.7 Å². The molecule has 162 valence electrons. The molecular formula is C21H21F3N6O. The van der Waals surface area contributed by atoms with Crippen molar-refractivity contribution < 1.29 is 18.0 Å². The van der Waals surface area contributed by atoms with Gasteiger partial charge in [0.05, 0.1) is 29.2 Å². The van der Waals surface area contributed by atoms with Gasteiger partial charge in [-0.3, -0.25) is 4.79 Å². The van der Waals surface area contributed by atoms with Crippen LogP contribution in [-0.2, 0) is 6.18 Å². The summed E-state index contributed by atoms with van der Waals surface area (Å²) in [5.41, 5.74) is 0.276. The van der Waals surface area contributed by atoms with Crippen LogP contribution in [0.15, 0.2) is 55.0 Å². The summed E-state index contributed by atoms with van der Waals surface area (Å²) in [7, 11) is 0. The number of nitrogens with one attached hydrogen (secondary N) is 1. The second-order valence-electron chi connectivity index (χ2n) is 7.40. The molecule has 2 aromatic heterocycles. The van der Waals surface area contributed by atoms with Crippen molar-refractivity contribution in [3.05, 3.63) is 66.1 Å². The number of pyridine rings is 1. The molecule has 2 atom stereocenters. The van der Waals surface area contributed by atoms with Crippen LogP contribution in [0.2, 0.25) is 0 Å². The van der Waals surface area contributed by atoms with Crippen LogP contribution < -0.4 is 5.32 Å². The fraction of sp³-hybridized carbons (Fsp3) is 0.333. The number of nitrogens with zero attached hydrogens (tertiary/aromatic N) is 5. The molecule has 0 saturated carbocycles. The van der Waals surface area contributed by atoms with Crippen molar-refractivity contribution in [2.24, 2.45) is 0 Å².